The number of aromatic nitrogens is 3. The van der Waals surface area contributed by atoms with E-state index in [-0.39, 0.29) is 5.91 Å². The number of nitrogens with zero attached hydrogens (tertiary/aromatic N) is 6. The quantitative estimate of drug-likeness (QED) is 0.822. The van der Waals surface area contributed by atoms with Gasteiger partial charge in [0.05, 0.1) is 12.2 Å². The van der Waals surface area contributed by atoms with Gasteiger partial charge in [-0.1, -0.05) is 6.07 Å². The Morgan fingerprint density at radius 3 is 2.68 bits per heavy atom. The van der Waals surface area contributed by atoms with Crippen LogP contribution in [-0.4, -0.2) is 74.9 Å². The summed E-state index contributed by atoms with van der Waals surface area (Å²) in [5.74, 6) is 0.954. The lowest BCUT2D eigenvalue weighted by molar-refractivity contribution is 0.0698. The van der Waals surface area contributed by atoms with E-state index in [4.69, 9.17) is 0 Å². The third-order valence-corrected chi connectivity index (χ3v) is 5.10. The number of hydrogen-bond acceptors (Lipinski definition) is 5. The van der Waals surface area contributed by atoms with Crippen LogP contribution in [0, 0.1) is 0 Å². The molecule has 0 unspecified atom stereocenters. The van der Waals surface area contributed by atoms with Crippen LogP contribution in [-0.2, 0) is 19.6 Å². The molecule has 1 fully saturated rings. The number of pyridine rings is 1. The van der Waals surface area contributed by atoms with Crippen LogP contribution < -0.4 is 0 Å². The summed E-state index contributed by atoms with van der Waals surface area (Å²) in [7, 11) is 2.17. The van der Waals surface area contributed by atoms with Gasteiger partial charge in [0.25, 0.3) is 5.91 Å². The first-order valence-corrected chi connectivity index (χ1v) is 8.85. The topological polar surface area (TPSA) is 57.5 Å². The number of carbonyl (C=O) groups is 1. The van der Waals surface area contributed by atoms with Crippen molar-refractivity contribution in [1.29, 1.82) is 0 Å². The number of piperazine rings is 1. The summed E-state index contributed by atoms with van der Waals surface area (Å²) in [5.41, 5.74) is 1.75. The molecule has 0 saturated carbocycles. The fourth-order valence-electron chi connectivity index (χ4n) is 3.51. The normalized spacial score (nSPS) is 19.0. The van der Waals surface area contributed by atoms with E-state index < -0.39 is 0 Å². The van der Waals surface area contributed by atoms with Crippen molar-refractivity contribution in [3.63, 3.8) is 0 Å². The fraction of sp³-hybridized carbons (Fsp3) is 0.500. The van der Waals surface area contributed by atoms with E-state index in [1.54, 1.807) is 12.3 Å². The zero-order chi connectivity index (χ0) is 17.2. The van der Waals surface area contributed by atoms with Crippen LogP contribution in [0.1, 0.15) is 22.0 Å². The Bertz CT molecular complexity index is 735. The second-order valence-corrected chi connectivity index (χ2v) is 6.84. The maximum absolute atomic E-state index is 12.6. The molecule has 0 atom stereocenters. The fourth-order valence-corrected chi connectivity index (χ4v) is 3.51. The van der Waals surface area contributed by atoms with Crippen LogP contribution in [0.15, 0.2) is 30.6 Å². The minimum Gasteiger partial charge on any atom is -0.328 e. The molecule has 0 aromatic carbocycles. The molecule has 4 heterocycles. The van der Waals surface area contributed by atoms with Crippen molar-refractivity contribution in [2.24, 2.45) is 0 Å². The van der Waals surface area contributed by atoms with Crippen LogP contribution in [0.5, 0.6) is 0 Å². The lowest BCUT2D eigenvalue weighted by atomic mass is 10.2. The summed E-state index contributed by atoms with van der Waals surface area (Å²) in [6, 6.07) is 5.44. The molecule has 2 aliphatic rings. The zero-order valence-electron chi connectivity index (χ0n) is 14.6. The highest BCUT2D eigenvalue weighted by molar-refractivity contribution is 5.92. The first-order valence-electron chi connectivity index (χ1n) is 8.85. The standard InChI is InChI=1S/C18H24N6O/c1-21-6-8-22(9-7-21)13-15-12-20-17-14-23(10-11-24(15)17)18(25)16-4-2-3-5-19-16/h2-5,12H,6-11,13-14H2,1H3. The summed E-state index contributed by atoms with van der Waals surface area (Å²) in [6.07, 6.45) is 3.63. The monoisotopic (exact) mass is 340 g/mol. The van der Waals surface area contributed by atoms with Crippen molar-refractivity contribution in [2.75, 3.05) is 39.8 Å². The second-order valence-electron chi connectivity index (χ2n) is 6.84. The highest BCUT2D eigenvalue weighted by Crippen LogP contribution is 2.18. The summed E-state index contributed by atoms with van der Waals surface area (Å²) in [5, 5.41) is 0. The van der Waals surface area contributed by atoms with Crippen molar-refractivity contribution >= 4 is 5.91 Å². The molecule has 1 amide bonds. The van der Waals surface area contributed by atoms with Crippen molar-refractivity contribution in [1.82, 2.24) is 29.2 Å². The maximum Gasteiger partial charge on any atom is 0.272 e. The third-order valence-electron chi connectivity index (χ3n) is 5.10. The second kappa shape index (κ2) is 6.93. The van der Waals surface area contributed by atoms with Crippen molar-refractivity contribution in [3.05, 3.63) is 47.8 Å². The van der Waals surface area contributed by atoms with E-state index in [2.05, 4.69) is 31.4 Å². The van der Waals surface area contributed by atoms with E-state index in [9.17, 15) is 4.79 Å². The van der Waals surface area contributed by atoms with Crippen LogP contribution in [0.25, 0.3) is 0 Å². The molecular formula is C18H24N6O. The highest BCUT2D eigenvalue weighted by atomic mass is 16.2. The molecule has 0 bridgehead atoms. The number of imidazole rings is 1. The number of amides is 1. The molecule has 2 aromatic heterocycles. The highest BCUT2D eigenvalue weighted by Gasteiger charge is 2.25. The molecule has 2 aromatic rings. The van der Waals surface area contributed by atoms with Gasteiger partial charge in [0.15, 0.2) is 0 Å². The SMILES string of the molecule is CN1CCN(Cc2cnc3n2CCN(C(=O)c2ccccn2)C3)CC1. The van der Waals surface area contributed by atoms with Crippen LogP contribution in [0.2, 0.25) is 0 Å². The van der Waals surface area contributed by atoms with Gasteiger partial charge in [0, 0.05) is 58.2 Å². The lowest BCUT2D eigenvalue weighted by Crippen LogP contribution is -2.44. The summed E-state index contributed by atoms with van der Waals surface area (Å²) in [6.45, 7) is 7.43. The zero-order valence-corrected chi connectivity index (χ0v) is 14.6. The number of carbonyl (C=O) groups excluding carboxylic acids is 1. The molecule has 7 heteroatoms. The van der Waals surface area contributed by atoms with E-state index in [1.165, 1.54) is 5.69 Å². The molecule has 0 radical (unpaired) electrons. The van der Waals surface area contributed by atoms with Crippen LogP contribution in [0.3, 0.4) is 0 Å². The van der Waals surface area contributed by atoms with Gasteiger partial charge in [0.1, 0.15) is 11.5 Å². The van der Waals surface area contributed by atoms with Gasteiger partial charge >= 0.3 is 0 Å². The smallest absolute Gasteiger partial charge is 0.272 e. The Hall–Kier alpha value is -2.25. The third kappa shape index (κ3) is 3.43. The number of rotatable bonds is 3. The van der Waals surface area contributed by atoms with Gasteiger partial charge < -0.3 is 14.4 Å². The Balaban J connectivity index is 1.43. The number of likely N-dealkylation sites (N-methyl/N-ethyl adjacent to an activating group) is 1. The van der Waals surface area contributed by atoms with Gasteiger partial charge in [-0.25, -0.2) is 4.98 Å². The van der Waals surface area contributed by atoms with Gasteiger partial charge in [-0.3, -0.25) is 14.7 Å². The van der Waals surface area contributed by atoms with Gasteiger partial charge in [-0.15, -0.1) is 0 Å². The summed E-state index contributed by atoms with van der Waals surface area (Å²) in [4.78, 5) is 28.0. The summed E-state index contributed by atoms with van der Waals surface area (Å²) >= 11 is 0. The Kier molecular flexibility index (Phi) is 4.50. The minimum absolute atomic E-state index is 0.0181. The molecule has 1 saturated heterocycles. The minimum atomic E-state index is -0.0181. The maximum atomic E-state index is 12.6. The largest absolute Gasteiger partial charge is 0.328 e. The predicted octanol–water partition coefficient (Wildman–Crippen LogP) is 0.681. The molecule has 0 spiro atoms. The predicted molar refractivity (Wildman–Crippen MR) is 94.0 cm³/mol. The first-order chi connectivity index (χ1) is 12.2. The molecule has 0 N–H and O–H groups in total. The molecule has 25 heavy (non-hydrogen) atoms. The molecule has 0 aliphatic carbocycles. The molecule has 7 nitrogen and oxygen atoms in total. The Morgan fingerprint density at radius 2 is 1.92 bits per heavy atom. The average Bonchev–Trinajstić information content (AvgIpc) is 3.06. The molecule has 132 valence electrons. The van der Waals surface area contributed by atoms with E-state index in [0.717, 1.165) is 45.1 Å². The molecule has 4 rings (SSSR count). The Morgan fingerprint density at radius 1 is 1.08 bits per heavy atom. The molecular weight excluding hydrogens is 316 g/mol. The summed E-state index contributed by atoms with van der Waals surface area (Å²) < 4.78 is 2.28. The van der Waals surface area contributed by atoms with Gasteiger partial charge in [-0.05, 0) is 19.2 Å². The van der Waals surface area contributed by atoms with Gasteiger partial charge in [-0.2, -0.15) is 0 Å². The number of hydrogen-bond donors (Lipinski definition) is 0. The first kappa shape index (κ1) is 16.2. The van der Waals surface area contributed by atoms with Crippen molar-refractivity contribution < 1.29 is 4.79 Å². The van der Waals surface area contributed by atoms with E-state index in [0.29, 0.717) is 18.8 Å². The molecule has 2 aliphatic heterocycles. The van der Waals surface area contributed by atoms with E-state index >= 15 is 0 Å². The van der Waals surface area contributed by atoms with Crippen molar-refractivity contribution in [2.45, 2.75) is 19.6 Å². The van der Waals surface area contributed by atoms with E-state index in [1.807, 2.05) is 23.2 Å². The van der Waals surface area contributed by atoms with Crippen molar-refractivity contribution in [3.8, 4) is 0 Å². The van der Waals surface area contributed by atoms with Crippen LogP contribution >= 0.6 is 0 Å². The average molecular weight is 340 g/mol. The van der Waals surface area contributed by atoms with Gasteiger partial charge in [0.2, 0.25) is 0 Å². The lowest BCUT2D eigenvalue weighted by Gasteiger charge is -2.33. The number of fused-ring (bicyclic) bond motifs is 1. The van der Waals surface area contributed by atoms with Crippen LogP contribution in [0.4, 0.5) is 0 Å². The Labute approximate surface area is 147 Å².